The van der Waals surface area contributed by atoms with E-state index >= 15 is 0 Å². The molecule has 2 rings (SSSR count). The zero-order chi connectivity index (χ0) is 10.7. The third kappa shape index (κ3) is 2.36. The van der Waals surface area contributed by atoms with E-state index in [4.69, 9.17) is 11.6 Å². The maximum atomic E-state index is 5.68. The summed E-state index contributed by atoms with van der Waals surface area (Å²) >= 11 is 5.68. The molecule has 0 N–H and O–H groups in total. The van der Waals surface area contributed by atoms with Gasteiger partial charge >= 0.3 is 0 Å². The Balaban J connectivity index is 2.18. The van der Waals surface area contributed by atoms with Gasteiger partial charge in [0.15, 0.2) is 0 Å². The summed E-state index contributed by atoms with van der Waals surface area (Å²) in [6.45, 7) is 2.80. The van der Waals surface area contributed by atoms with Crippen LogP contribution in [0.4, 0.5) is 0 Å². The second kappa shape index (κ2) is 4.45. The lowest BCUT2D eigenvalue weighted by Gasteiger charge is -2.04. The Morgan fingerprint density at radius 1 is 1.40 bits per heavy atom. The van der Waals surface area contributed by atoms with E-state index in [0.717, 1.165) is 17.9 Å². The van der Waals surface area contributed by atoms with Crippen LogP contribution in [0.3, 0.4) is 0 Å². The number of rotatable bonds is 3. The number of hydrogen-bond donors (Lipinski definition) is 0. The molecule has 0 aliphatic rings. The van der Waals surface area contributed by atoms with E-state index in [1.807, 2.05) is 23.0 Å². The molecule has 0 amide bonds. The summed E-state index contributed by atoms with van der Waals surface area (Å²) in [5.74, 6) is 0.453. The molecule has 0 saturated carbocycles. The van der Waals surface area contributed by atoms with Crippen LogP contribution in [0.2, 0.25) is 0 Å². The Labute approximate surface area is 93.7 Å². The molecule has 0 radical (unpaired) electrons. The molecule has 0 bridgehead atoms. The maximum Gasteiger partial charge on any atom is 0.0953 e. The number of nitrogens with zero attached hydrogens (tertiary/aromatic N) is 3. The highest BCUT2D eigenvalue weighted by molar-refractivity contribution is 6.16. The van der Waals surface area contributed by atoms with Crippen LogP contribution in [-0.4, -0.2) is 14.5 Å². The fourth-order valence-corrected chi connectivity index (χ4v) is 1.56. The standard InChI is InChI=1S/C11H12ClN3/c1-9-3-2-4-13-11(9)7-15-6-10(5-12)14-8-15/h2-4,6,8H,5,7H2,1H3. The number of aromatic nitrogens is 3. The molecule has 0 aliphatic carbocycles. The van der Waals surface area contributed by atoms with E-state index in [-0.39, 0.29) is 0 Å². The highest BCUT2D eigenvalue weighted by Crippen LogP contribution is 2.07. The van der Waals surface area contributed by atoms with Crippen LogP contribution < -0.4 is 0 Å². The van der Waals surface area contributed by atoms with Crippen molar-refractivity contribution in [1.29, 1.82) is 0 Å². The third-order valence-electron chi connectivity index (χ3n) is 2.27. The van der Waals surface area contributed by atoms with Gasteiger partial charge in [-0.25, -0.2) is 4.98 Å². The smallest absolute Gasteiger partial charge is 0.0953 e. The second-order valence-electron chi connectivity index (χ2n) is 3.44. The first kappa shape index (κ1) is 10.2. The van der Waals surface area contributed by atoms with Crippen molar-refractivity contribution in [3.05, 3.63) is 47.8 Å². The molecule has 2 aromatic rings. The molecule has 0 aliphatic heterocycles. The molecule has 0 aromatic carbocycles. The van der Waals surface area contributed by atoms with Gasteiger partial charge < -0.3 is 4.57 Å². The van der Waals surface area contributed by atoms with Crippen molar-refractivity contribution in [2.24, 2.45) is 0 Å². The van der Waals surface area contributed by atoms with Gasteiger partial charge in [-0.05, 0) is 18.6 Å². The van der Waals surface area contributed by atoms with Gasteiger partial charge in [-0.2, -0.15) is 0 Å². The van der Waals surface area contributed by atoms with Gasteiger partial charge in [0.2, 0.25) is 0 Å². The lowest BCUT2D eigenvalue weighted by atomic mass is 10.2. The lowest BCUT2D eigenvalue weighted by Crippen LogP contribution is -2.01. The second-order valence-corrected chi connectivity index (χ2v) is 3.71. The molecular formula is C11H12ClN3. The predicted molar refractivity (Wildman–Crippen MR) is 59.9 cm³/mol. The summed E-state index contributed by atoms with van der Waals surface area (Å²) in [7, 11) is 0. The Hall–Kier alpha value is -1.35. The first-order valence-corrected chi connectivity index (χ1v) is 5.30. The number of alkyl halides is 1. The summed E-state index contributed by atoms with van der Waals surface area (Å²) in [6.07, 6.45) is 5.54. The van der Waals surface area contributed by atoms with Crippen molar-refractivity contribution >= 4 is 11.6 Å². The molecule has 0 spiro atoms. The quantitative estimate of drug-likeness (QED) is 0.746. The van der Waals surface area contributed by atoms with Crippen molar-refractivity contribution in [2.75, 3.05) is 0 Å². The van der Waals surface area contributed by atoms with Crippen molar-refractivity contribution in [2.45, 2.75) is 19.3 Å². The summed E-state index contributed by atoms with van der Waals surface area (Å²) in [5, 5.41) is 0. The first-order chi connectivity index (χ1) is 7.29. The average molecular weight is 222 g/mol. The van der Waals surface area contributed by atoms with Gasteiger partial charge in [0, 0.05) is 12.4 Å². The van der Waals surface area contributed by atoms with E-state index in [1.54, 1.807) is 6.33 Å². The van der Waals surface area contributed by atoms with Crippen LogP contribution in [0.1, 0.15) is 17.0 Å². The van der Waals surface area contributed by atoms with Crippen LogP contribution in [0.25, 0.3) is 0 Å². The van der Waals surface area contributed by atoms with Crippen LogP contribution in [0.5, 0.6) is 0 Å². The molecule has 3 nitrogen and oxygen atoms in total. The Morgan fingerprint density at radius 2 is 2.27 bits per heavy atom. The zero-order valence-corrected chi connectivity index (χ0v) is 9.28. The van der Waals surface area contributed by atoms with Crippen molar-refractivity contribution in [3.63, 3.8) is 0 Å². The first-order valence-electron chi connectivity index (χ1n) is 4.76. The van der Waals surface area contributed by atoms with Gasteiger partial charge in [0.1, 0.15) is 0 Å². The largest absolute Gasteiger partial charge is 0.331 e. The van der Waals surface area contributed by atoms with Crippen molar-refractivity contribution in [1.82, 2.24) is 14.5 Å². The molecule has 0 fully saturated rings. The summed E-state index contributed by atoms with van der Waals surface area (Å²) in [4.78, 5) is 8.49. The summed E-state index contributed by atoms with van der Waals surface area (Å²) in [5.41, 5.74) is 3.15. The van der Waals surface area contributed by atoms with Gasteiger partial charge in [-0.1, -0.05) is 6.07 Å². The highest BCUT2D eigenvalue weighted by atomic mass is 35.5. The van der Waals surface area contributed by atoms with Crippen LogP contribution >= 0.6 is 11.6 Å². The maximum absolute atomic E-state index is 5.68. The van der Waals surface area contributed by atoms with Crippen LogP contribution in [0, 0.1) is 6.92 Å². The average Bonchev–Trinajstić information content (AvgIpc) is 2.69. The fraction of sp³-hybridized carbons (Fsp3) is 0.273. The zero-order valence-electron chi connectivity index (χ0n) is 8.52. The van der Waals surface area contributed by atoms with E-state index in [1.165, 1.54) is 5.56 Å². The highest BCUT2D eigenvalue weighted by Gasteiger charge is 2.01. The SMILES string of the molecule is Cc1cccnc1Cn1cnc(CCl)c1. The monoisotopic (exact) mass is 221 g/mol. The molecule has 4 heteroatoms. The normalized spacial score (nSPS) is 10.5. The van der Waals surface area contributed by atoms with Crippen molar-refractivity contribution in [3.8, 4) is 0 Å². The topological polar surface area (TPSA) is 30.7 Å². The molecular weight excluding hydrogens is 210 g/mol. The van der Waals surface area contributed by atoms with E-state index in [2.05, 4.69) is 23.0 Å². The minimum Gasteiger partial charge on any atom is -0.331 e. The van der Waals surface area contributed by atoms with Crippen molar-refractivity contribution < 1.29 is 0 Å². The summed E-state index contributed by atoms with van der Waals surface area (Å²) in [6, 6.07) is 4.00. The fourth-order valence-electron chi connectivity index (χ4n) is 1.42. The molecule has 15 heavy (non-hydrogen) atoms. The lowest BCUT2D eigenvalue weighted by molar-refractivity contribution is 0.766. The van der Waals surface area contributed by atoms with E-state index < -0.39 is 0 Å². The van der Waals surface area contributed by atoms with Crippen LogP contribution in [0.15, 0.2) is 30.9 Å². The minimum atomic E-state index is 0.453. The predicted octanol–water partition coefficient (Wildman–Crippen LogP) is 2.37. The molecule has 78 valence electrons. The van der Waals surface area contributed by atoms with Gasteiger partial charge in [-0.3, -0.25) is 4.98 Å². The molecule has 2 heterocycles. The molecule has 0 atom stereocenters. The van der Waals surface area contributed by atoms with E-state index in [0.29, 0.717) is 5.88 Å². The van der Waals surface area contributed by atoms with E-state index in [9.17, 15) is 0 Å². The molecule has 0 unspecified atom stereocenters. The number of aryl methyl sites for hydroxylation is 1. The Morgan fingerprint density at radius 3 is 2.93 bits per heavy atom. The summed E-state index contributed by atoms with van der Waals surface area (Å²) < 4.78 is 1.99. The van der Waals surface area contributed by atoms with Crippen LogP contribution in [-0.2, 0) is 12.4 Å². The molecule has 0 saturated heterocycles. The van der Waals surface area contributed by atoms with Gasteiger partial charge in [-0.15, -0.1) is 11.6 Å². The Bertz CT molecular complexity index is 451. The number of imidazole rings is 1. The third-order valence-corrected chi connectivity index (χ3v) is 2.55. The Kier molecular flexibility index (Phi) is 3.02. The number of hydrogen-bond acceptors (Lipinski definition) is 2. The minimum absolute atomic E-state index is 0.453. The molecule has 2 aromatic heterocycles. The van der Waals surface area contributed by atoms with Gasteiger partial charge in [0.05, 0.1) is 30.1 Å². The number of pyridine rings is 1. The number of halogens is 1. The van der Waals surface area contributed by atoms with Gasteiger partial charge in [0.25, 0.3) is 0 Å².